The Balaban J connectivity index is 1.43. The normalized spacial score (nSPS) is 13.7. The van der Waals surface area contributed by atoms with Crippen LogP contribution in [0.2, 0.25) is 5.02 Å². The number of halogens is 1. The Kier molecular flexibility index (Phi) is 6.18. The van der Waals surface area contributed by atoms with E-state index >= 15 is 0 Å². The molecule has 5 rings (SSSR count). The lowest BCUT2D eigenvalue weighted by atomic mass is 10.1. The van der Waals surface area contributed by atoms with Gasteiger partial charge >= 0.3 is 0 Å². The number of rotatable bonds is 5. The lowest BCUT2D eigenvalue weighted by Crippen LogP contribution is -2.49. The van der Waals surface area contributed by atoms with Crippen LogP contribution in [0.3, 0.4) is 0 Å². The second kappa shape index (κ2) is 9.57. The zero-order chi connectivity index (χ0) is 23.5. The molecule has 4 aromatic rings. The van der Waals surface area contributed by atoms with Crippen molar-refractivity contribution >= 4 is 23.3 Å². The topological polar surface area (TPSA) is 63.5 Å². The molecule has 0 aliphatic carbocycles. The molecule has 0 unspecified atom stereocenters. The minimum atomic E-state index is -0.0419. The van der Waals surface area contributed by atoms with Gasteiger partial charge < -0.3 is 14.5 Å². The van der Waals surface area contributed by atoms with Crippen molar-refractivity contribution in [2.75, 3.05) is 38.2 Å². The molecule has 3 heterocycles. The number of para-hydroxylation sites is 1. The predicted octanol–water partition coefficient (Wildman–Crippen LogP) is 4.56. The molecule has 1 aliphatic rings. The molecule has 1 amide bonds. The van der Waals surface area contributed by atoms with E-state index in [9.17, 15) is 4.79 Å². The third-order valence-electron chi connectivity index (χ3n) is 5.93. The third-order valence-corrected chi connectivity index (χ3v) is 6.23. The van der Waals surface area contributed by atoms with Crippen molar-refractivity contribution in [2.45, 2.75) is 0 Å². The molecular weight excluding hydrogens is 450 g/mol. The summed E-state index contributed by atoms with van der Waals surface area (Å²) in [6, 6.07) is 21.0. The van der Waals surface area contributed by atoms with Crippen LogP contribution in [0.15, 0.2) is 79.1 Å². The Morgan fingerprint density at radius 3 is 2.35 bits per heavy atom. The van der Waals surface area contributed by atoms with Gasteiger partial charge in [0.25, 0.3) is 5.91 Å². The van der Waals surface area contributed by atoms with Gasteiger partial charge in [-0.1, -0.05) is 29.8 Å². The highest BCUT2D eigenvalue weighted by Gasteiger charge is 2.27. The molecule has 0 atom stereocenters. The van der Waals surface area contributed by atoms with E-state index in [2.05, 4.69) is 9.88 Å². The minimum Gasteiger partial charge on any atom is -0.497 e. The van der Waals surface area contributed by atoms with Gasteiger partial charge in [-0.3, -0.25) is 4.79 Å². The van der Waals surface area contributed by atoms with E-state index in [1.165, 1.54) is 0 Å². The Morgan fingerprint density at radius 2 is 1.68 bits per heavy atom. The van der Waals surface area contributed by atoms with Gasteiger partial charge in [-0.2, -0.15) is 5.10 Å². The number of benzene rings is 2. The van der Waals surface area contributed by atoms with Crippen LogP contribution in [0.5, 0.6) is 5.75 Å². The first kappa shape index (κ1) is 22.0. The molecule has 172 valence electrons. The summed E-state index contributed by atoms with van der Waals surface area (Å²) in [6.07, 6.45) is 3.55. The number of carbonyl (C=O) groups excluding carboxylic acids is 1. The molecule has 8 heteroatoms. The van der Waals surface area contributed by atoms with Crippen molar-refractivity contribution < 1.29 is 9.53 Å². The summed E-state index contributed by atoms with van der Waals surface area (Å²) in [5.41, 5.74) is 2.97. The van der Waals surface area contributed by atoms with Crippen LogP contribution in [-0.4, -0.2) is 58.9 Å². The summed E-state index contributed by atoms with van der Waals surface area (Å²) in [4.78, 5) is 22.0. The molecule has 1 fully saturated rings. The van der Waals surface area contributed by atoms with E-state index in [1.54, 1.807) is 18.0 Å². The van der Waals surface area contributed by atoms with Crippen molar-refractivity contribution in [3.8, 4) is 22.7 Å². The number of piperazine rings is 1. The average Bonchev–Trinajstić information content (AvgIpc) is 3.35. The fraction of sp³-hybridized carbons (Fsp3) is 0.192. The number of hydrogen-bond donors (Lipinski definition) is 0. The van der Waals surface area contributed by atoms with Crippen LogP contribution in [0, 0.1) is 0 Å². The van der Waals surface area contributed by atoms with Gasteiger partial charge in [0.05, 0.1) is 23.4 Å². The number of ether oxygens (including phenoxy) is 1. The second-order valence-electron chi connectivity index (χ2n) is 7.99. The smallest absolute Gasteiger partial charge is 0.257 e. The van der Waals surface area contributed by atoms with Crippen LogP contribution >= 0.6 is 11.6 Å². The van der Waals surface area contributed by atoms with E-state index in [0.29, 0.717) is 42.5 Å². The fourth-order valence-electron chi connectivity index (χ4n) is 4.11. The van der Waals surface area contributed by atoms with E-state index in [0.717, 1.165) is 22.8 Å². The van der Waals surface area contributed by atoms with Crippen molar-refractivity contribution in [1.29, 1.82) is 0 Å². The molecule has 7 nitrogen and oxygen atoms in total. The van der Waals surface area contributed by atoms with Gasteiger partial charge in [-0.15, -0.1) is 0 Å². The maximum absolute atomic E-state index is 13.7. The van der Waals surface area contributed by atoms with Crippen molar-refractivity contribution in [1.82, 2.24) is 19.7 Å². The number of carbonyl (C=O) groups is 1. The van der Waals surface area contributed by atoms with E-state index in [4.69, 9.17) is 21.4 Å². The van der Waals surface area contributed by atoms with E-state index < -0.39 is 0 Å². The standard InChI is InChI=1S/C26H24ClN5O2/c1-34-21-11-9-19(10-12-21)24-22(18-32(29-24)20-6-3-2-4-7-20)26(33)31-16-14-30(15-17-31)25-23(27)8-5-13-28-25/h2-13,18H,14-17H2,1H3. The average molecular weight is 474 g/mol. The van der Waals surface area contributed by atoms with Gasteiger partial charge in [0.1, 0.15) is 17.3 Å². The molecule has 2 aromatic heterocycles. The Bertz CT molecular complexity index is 1280. The first-order valence-corrected chi connectivity index (χ1v) is 11.5. The summed E-state index contributed by atoms with van der Waals surface area (Å²) >= 11 is 6.32. The van der Waals surface area contributed by atoms with E-state index in [-0.39, 0.29) is 5.91 Å². The lowest BCUT2D eigenvalue weighted by molar-refractivity contribution is 0.0747. The van der Waals surface area contributed by atoms with Crippen LogP contribution in [0.25, 0.3) is 16.9 Å². The van der Waals surface area contributed by atoms with Crippen LogP contribution in [0.1, 0.15) is 10.4 Å². The van der Waals surface area contributed by atoms with Crippen LogP contribution < -0.4 is 9.64 Å². The molecule has 0 saturated carbocycles. The predicted molar refractivity (Wildman–Crippen MR) is 133 cm³/mol. The maximum atomic E-state index is 13.7. The number of anilines is 1. The summed E-state index contributed by atoms with van der Waals surface area (Å²) in [6.45, 7) is 2.47. The molecule has 0 spiro atoms. The lowest BCUT2D eigenvalue weighted by Gasteiger charge is -2.35. The fourth-order valence-corrected chi connectivity index (χ4v) is 4.35. The van der Waals surface area contributed by atoms with Gasteiger partial charge in [0.2, 0.25) is 0 Å². The molecule has 2 aromatic carbocycles. The maximum Gasteiger partial charge on any atom is 0.257 e. The number of pyridine rings is 1. The Morgan fingerprint density at radius 1 is 0.941 bits per heavy atom. The SMILES string of the molecule is COc1ccc(-c2nn(-c3ccccc3)cc2C(=O)N2CCN(c3ncccc3Cl)CC2)cc1. The summed E-state index contributed by atoms with van der Waals surface area (Å²) in [5, 5.41) is 5.41. The highest BCUT2D eigenvalue weighted by Crippen LogP contribution is 2.28. The summed E-state index contributed by atoms with van der Waals surface area (Å²) in [5.74, 6) is 1.47. The Hall–Kier alpha value is -3.84. The molecular formula is C26H24ClN5O2. The quantitative estimate of drug-likeness (QED) is 0.425. The zero-order valence-corrected chi connectivity index (χ0v) is 19.5. The van der Waals surface area contributed by atoms with Gasteiger partial charge in [0.15, 0.2) is 0 Å². The van der Waals surface area contributed by atoms with Crippen molar-refractivity contribution in [2.24, 2.45) is 0 Å². The number of aromatic nitrogens is 3. The largest absolute Gasteiger partial charge is 0.497 e. The van der Waals surface area contributed by atoms with Crippen molar-refractivity contribution in [3.05, 3.63) is 89.7 Å². The highest BCUT2D eigenvalue weighted by molar-refractivity contribution is 6.32. The zero-order valence-electron chi connectivity index (χ0n) is 18.8. The third kappa shape index (κ3) is 4.34. The molecule has 0 N–H and O–H groups in total. The number of hydrogen-bond acceptors (Lipinski definition) is 5. The second-order valence-corrected chi connectivity index (χ2v) is 8.40. The summed E-state index contributed by atoms with van der Waals surface area (Å²) < 4.78 is 7.05. The number of amides is 1. The summed E-state index contributed by atoms with van der Waals surface area (Å²) in [7, 11) is 1.63. The highest BCUT2D eigenvalue weighted by atomic mass is 35.5. The molecule has 0 bridgehead atoms. The number of methoxy groups -OCH3 is 1. The van der Waals surface area contributed by atoms with Gasteiger partial charge in [-0.05, 0) is 48.5 Å². The van der Waals surface area contributed by atoms with E-state index in [1.807, 2.05) is 77.8 Å². The van der Waals surface area contributed by atoms with Gasteiger partial charge in [0, 0.05) is 44.1 Å². The van der Waals surface area contributed by atoms with Gasteiger partial charge in [-0.25, -0.2) is 9.67 Å². The first-order chi connectivity index (χ1) is 16.6. The molecule has 0 radical (unpaired) electrons. The first-order valence-electron chi connectivity index (χ1n) is 11.1. The van der Waals surface area contributed by atoms with Crippen molar-refractivity contribution in [3.63, 3.8) is 0 Å². The molecule has 1 saturated heterocycles. The van der Waals surface area contributed by atoms with Crippen LogP contribution in [0.4, 0.5) is 5.82 Å². The Labute approximate surface area is 203 Å². The molecule has 1 aliphatic heterocycles. The number of nitrogens with zero attached hydrogens (tertiary/aromatic N) is 5. The molecule has 34 heavy (non-hydrogen) atoms. The van der Waals surface area contributed by atoms with Crippen LogP contribution in [-0.2, 0) is 0 Å². The minimum absolute atomic E-state index is 0.0419. The monoisotopic (exact) mass is 473 g/mol.